The highest BCUT2D eigenvalue weighted by Crippen LogP contribution is 2.20. The molecular weight excluding hydrogens is 384 g/mol. The highest BCUT2D eigenvalue weighted by molar-refractivity contribution is 7.09. The quantitative estimate of drug-likeness (QED) is 0.465. The largest absolute Gasteiger partial charge is 0.465 e. The Balaban J connectivity index is 2.12. The summed E-state index contributed by atoms with van der Waals surface area (Å²) in [6.45, 7) is 6.91. The monoisotopic (exact) mass is 408 g/mol. The standard InChI is InChI=1S/C20H25ClN2O3S/c1-4-23(5-2)19(24)17(20(25)26-6-3)12-16-13-27-18(22-16)11-14-7-9-15(21)10-8-14/h7-10,13,17H,4-6,11-12H2,1-3H3. The second-order valence-corrected chi connectivity index (χ2v) is 7.43. The van der Waals surface area contributed by atoms with E-state index in [1.54, 1.807) is 11.8 Å². The first-order valence-corrected chi connectivity index (χ1v) is 10.4. The van der Waals surface area contributed by atoms with Crippen molar-refractivity contribution in [3.8, 4) is 0 Å². The number of hydrogen-bond donors (Lipinski definition) is 0. The number of esters is 1. The van der Waals surface area contributed by atoms with E-state index in [0.29, 0.717) is 24.5 Å². The second-order valence-electron chi connectivity index (χ2n) is 6.06. The first-order chi connectivity index (χ1) is 13.0. The van der Waals surface area contributed by atoms with Crippen molar-refractivity contribution in [3.05, 3.63) is 50.9 Å². The maximum Gasteiger partial charge on any atom is 0.318 e. The number of nitrogens with zero attached hydrogens (tertiary/aromatic N) is 2. The molecule has 0 bridgehead atoms. The SMILES string of the molecule is CCOC(=O)C(Cc1csc(Cc2ccc(Cl)cc2)n1)C(=O)N(CC)CC. The van der Waals surface area contributed by atoms with Crippen LogP contribution in [0.2, 0.25) is 5.02 Å². The van der Waals surface area contributed by atoms with E-state index >= 15 is 0 Å². The summed E-state index contributed by atoms with van der Waals surface area (Å²) in [5.74, 6) is -1.54. The van der Waals surface area contributed by atoms with Crippen LogP contribution in [0.1, 0.15) is 37.0 Å². The van der Waals surface area contributed by atoms with Crippen LogP contribution >= 0.6 is 22.9 Å². The highest BCUT2D eigenvalue weighted by atomic mass is 35.5. The van der Waals surface area contributed by atoms with Crippen LogP contribution in [0.3, 0.4) is 0 Å². The zero-order chi connectivity index (χ0) is 19.8. The first-order valence-electron chi connectivity index (χ1n) is 9.11. The van der Waals surface area contributed by atoms with Crippen LogP contribution in [0.15, 0.2) is 29.6 Å². The molecular formula is C20H25ClN2O3S. The summed E-state index contributed by atoms with van der Waals surface area (Å²) in [7, 11) is 0. The number of carbonyl (C=O) groups is 2. The van der Waals surface area contributed by atoms with Crippen molar-refractivity contribution in [2.24, 2.45) is 5.92 Å². The number of carbonyl (C=O) groups excluding carboxylic acids is 2. The Hall–Kier alpha value is -1.92. The number of ether oxygens (including phenoxy) is 1. The van der Waals surface area contributed by atoms with Gasteiger partial charge in [0.05, 0.1) is 17.3 Å². The van der Waals surface area contributed by atoms with Crippen molar-refractivity contribution in [2.75, 3.05) is 19.7 Å². The molecule has 7 heteroatoms. The van der Waals surface area contributed by atoms with Gasteiger partial charge in [-0.1, -0.05) is 23.7 Å². The van der Waals surface area contributed by atoms with Crippen LogP contribution in [0.4, 0.5) is 0 Å². The molecule has 0 spiro atoms. The average molecular weight is 409 g/mol. The average Bonchev–Trinajstić information content (AvgIpc) is 3.09. The molecule has 0 N–H and O–H groups in total. The van der Waals surface area contributed by atoms with E-state index in [1.165, 1.54) is 11.3 Å². The van der Waals surface area contributed by atoms with Crippen molar-refractivity contribution in [1.29, 1.82) is 0 Å². The lowest BCUT2D eigenvalue weighted by Crippen LogP contribution is -2.41. The lowest BCUT2D eigenvalue weighted by Gasteiger charge is -2.23. The minimum absolute atomic E-state index is 0.203. The van der Waals surface area contributed by atoms with Gasteiger partial charge in [0.2, 0.25) is 5.91 Å². The molecule has 0 aliphatic heterocycles. The Morgan fingerprint density at radius 1 is 1.19 bits per heavy atom. The Morgan fingerprint density at radius 3 is 2.44 bits per heavy atom. The molecule has 0 radical (unpaired) electrons. The third-order valence-electron chi connectivity index (χ3n) is 4.23. The molecule has 27 heavy (non-hydrogen) atoms. The summed E-state index contributed by atoms with van der Waals surface area (Å²) in [4.78, 5) is 31.4. The minimum Gasteiger partial charge on any atom is -0.465 e. The fraction of sp³-hybridized carbons (Fsp3) is 0.450. The van der Waals surface area contributed by atoms with Crippen molar-refractivity contribution in [3.63, 3.8) is 0 Å². The molecule has 0 aliphatic carbocycles. The van der Waals surface area contributed by atoms with Crippen LogP contribution in [0.5, 0.6) is 0 Å². The van der Waals surface area contributed by atoms with Gasteiger partial charge in [-0.15, -0.1) is 11.3 Å². The fourth-order valence-electron chi connectivity index (χ4n) is 2.78. The molecule has 0 saturated carbocycles. The highest BCUT2D eigenvalue weighted by Gasteiger charge is 2.32. The minimum atomic E-state index is -0.852. The summed E-state index contributed by atoms with van der Waals surface area (Å²) >= 11 is 7.44. The van der Waals surface area contributed by atoms with E-state index in [0.717, 1.165) is 16.3 Å². The van der Waals surface area contributed by atoms with Gasteiger partial charge in [-0.2, -0.15) is 0 Å². The van der Waals surface area contributed by atoms with Gasteiger partial charge in [-0.3, -0.25) is 9.59 Å². The number of hydrogen-bond acceptors (Lipinski definition) is 5. The third-order valence-corrected chi connectivity index (χ3v) is 5.38. The van der Waals surface area contributed by atoms with Gasteiger partial charge >= 0.3 is 5.97 Å². The first kappa shape index (κ1) is 21.4. The number of amides is 1. The molecule has 1 atom stereocenters. The maximum absolute atomic E-state index is 12.7. The number of halogens is 1. The predicted octanol–water partition coefficient (Wildman–Crippen LogP) is 3.98. The number of thiazole rings is 1. The van der Waals surface area contributed by atoms with Crippen LogP contribution < -0.4 is 0 Å². The zero-order valence-electron chi connectivity index (χ0n) is 15.9. The van der Waals surface area contributed by atoms with Crippen molar-refractivity contribution in [1.82, 2.24) is 9.88 Å². The second kappa shape index (κ2) is 10.4. The number of aromatic nitrogens is 1. The molecule has 0 saturated heterocycles. The molecule has 2 rings (SSSR count). The molecule has 1 amide bonds. The van der Waals surface area contributed by atoms with Crippen LogP contribution in [0, 0.1) is 5.92 Å². The molecule has 2 aromatic rings. The molecule has 0 fully saturated rings. The van der Waals surface area contributed by atoms with Gasteiger partial charge in [-0.05, 0) is 38.5 Å². The zero-order valence-corrected chi connectivity index (χ0v) is 17.5. The van der Waals surface area contributed by atoms with Gasteiger partial charge in [0.15, 0.2) is 0 Å². The summed E-state index contributed by atoms with van der Waals surface area (Å²) in [6.07, 6.45) is 0.946. The molecule has 1 aromatic heterocycles. The molecule has 1 aromatic carbocycles. The molecule has 5 nitrogen and oxygen atoms in total. The maximum atomic E-state index is 12.7. The fourth-order valence-corrected chi connectivity index (χ4v) is 3.75. The smallest absolute Gasteiger partial charge is 0.318 e. The summed E-state index contributed by atoms with van der Waals surface area (Å²) in [5, 5.41) is 3.54. The number of rotatable bonds is 9. The Bertz CT molecular complexity index is 757. The van der Waals surface area contributed by atoms with Gasteiger partial charge in [-0.25, -0.2) is 4.98 Å². The Labute approximate surface area is 169 Å². The molecule has 0 aliphatic rings. The summed E-state index contributed by atoms with van der Waals surface area (Å²) in [5.41, 5.74) is 1.85. The van der Waals surface area contributed by atoms with Crippen LogP contribution in [0.25, 0.3) is 0 Å². The summed E-state index contributed by atoms with van der Waals surface area (Å²) in [6, 6.07) is 7.64. The topological polar surface area (TPSA) is 59.5 Å². The predicted molar refractivity (Wildman–Crippen MR) is 108 cm³/mol. The van der Waals surface area contributed by atoms with Crippen molar-refractivity contribution in [2.45, 2.75) is 33.6 Å². The Kier molecular flexibility index (Phi) is 8.25. The van der Waals surface area contributed by atoms with Gasteiger partial charge in [0.25, 0.3) is 0 Å². The summed E-state index contributed by atoms with van der Waals surface area (Å²) < 4.78 is 5.13. The van der Waals surface area contributed by atoms with Gasteiger partial charge < -0.3 is 9.64 Å². The molecule has 1 unspecified atom stereocenters. The number of benzene rings is 1. The van der Waals surface area contributed by atoms with Gasteiger partial charge in [0, 0.05) is 36.3 Å². The molecule has 146 valence electrons. The third kappa shape index (κ3) is 6.04. The van der Waals surface area contributed by atoms with E-state index in [1.807, 2.05) is 43.5 Å². The van der Waals surface area contributed by atoms with E-state index in [2.05, 4.69) is 4.98 Å². The van der Waals surface area contributed by atoms with E-state index in [4.69, 9.17) is 16.3 Å². The van der Waals surface area contributed by atoms with E-state index < -0.39 is 11.9 Å². The van der Waals surface area contributed by atoms with Crippen LogP contribution in [-0.2, 0) is 27.2 Å². The normalized spacial score (nSPS) is 11.9. The van der Waals surface area contributed by atoms with Crippen LogP contribution in [-0.4, -0.2) is 41.5 Å². The van der Waals surface area contributed by atoms with Crippen molar-refractivity contribution < 1.29 is 14.3 Å². The van der Waals surface area contributed by atoms with Gasteiger partial charge in [0.1, 0.15) is 5.92 Å². The lowest BCUT2D eigenvalue weighted by atomic mass is 10.0. The Morgan fingerprint density at radius 2 is 1.85 bits per heavy atom. The molecule has 1 heterocycles. The van der Waals surface area contributed by atoms with E-state index in [-0.39, 0.29) is 18.9 Å². The van der Waals surface area contributed by atoms with E-state index in [9.17, 15) is 9.59 Å². The van der Waals surface area contributed by atoms with Crippen molar-refractivity contribution >= 4 is 34.8 Å². The lowest BCUT2D eigenvalue weighted by molar-refractivity contribution is -0.155.